The number of hydrogen-bond donors (Lipinski definition) is 3. The molecule has 32 heavy (non-hydrogen) atoms. The van der Waals surface area contributed by atoms with E-state index in [2.05, 4.69) is 11.1 Å². The van der Waals surface area contributed by atoms with Crippen molar-refractivity contribution in [2.24, 2.45) is 0 Å². The largest absolute Gasteiger partial charge is 0.386 e. The molecule has 4 rings (SSSR count). The molecular weight excluding hydrogens is 422 g/mol. The topological polar surface area (TPSA) is 89.0 Å². The van der Waals surface area contributed by atoms with E-state index in [-0.39, 0.29) is 5.62 Å². The molecule has 0 unspecified atom stereocenters. The number of halogens is 1. The van der Waals surface area contributed by atoms with E-state index in [9.17, 15) is 5.11 Å². The molecule has 0 aliphatic carbocycles. The van der Waals surface area contributed by atoms with E-state index in [4.69, 9.17) is 22.4 Å². The Hall–Kier alpha value is -3.48. The lowest BCUT2D eigenvalue weighted by molar-refractivity contribution is 0.0786. The average Bonchev–Trinajstić information content (AvgIpc) is 2.77. The van der Waals surface area contributed by atoms with Crippen molar-refractivity contribution in [2.45, 2.75) is 19.4 Å². The summed E-state index contributed by atoms with van der Waals surface area (Å²) in [7, 11) is 1.90. The van der Waals surface area contributed by atoms with Crippen LogP contribution in [0.3, 0.4) is 0 Å². The van der Waals surface area contributed by atoms with Crippen LogP contribution < -0.4 is 10.5 Å². The van der Waals surface area contributed by atoms with Gasteiger partial charge in [-0.15, -0.1) is 0 Å². The number of nitrogens with one attached hydrogen (secondary N) is 2. The van der Waals surface area contributed by atoms with Crippen molar-refractivity contribution < 1.29 is 5.11 Å². The molecule has 3 N–H and O–H groups in total. The second-order valence-corrected chi connectivity index (χ2v) is 8.60. The van der Waals surface area contributed by atoms with Crippen LogP contribution in [0.15, 0.2) is 66.7 Å². The van der Waals surface area contributed by atoms with Gasteiger partial charge in [-0.2, -0.15) is 4.98 Å². The normalized spacial score (nSPS) is 11.5. The second kappa shape index (κ2) is 8.22. The number of rotatable bonds is 5. The molecule has 0 amide bonds. The van der Waals surface area contributed by atoms with E-state index in [0.717, 1.165) is 34.1 Å². The zero-order valence-electron chi connectivity index (χ0n) is 18.1. The van der Waals surface area contributed by atoms with Crippen LogP contribution in [-0.4, -0.2) is 28.0 Å². The quantitative estimate of drug-likeness (QED) is 0.288. The van der Waals surface area contributed by atoms with Gasteiger partial charge in [0.05, 0.1) is 17.5 Å². The molecule has 0 bridgehead atoms. The monoisotopic (exact) mass is 445 g/mol. The maximum absolute atomic E-state index is 10.2. The van der Waals surface area contributed by atoms with Gasteiger partial charge < -0.3 is 10.0 Å². The van der Waals surface area contributed by atoms with Crippen molar-refractivity contribution in [3.63, 3.8) is 0 Å². The summed E-state index contributed by atoms with van der Waals surface area (Å²) in [6.45, 7) is 3.54. The van der Waals surface area contributed by atoms with Gasteiger partial charge in [0.15, 0.2) is 0 Å². The van der Waals surface area contributed by atoms with E-state index < -0.39 is 5.60 Å². The SMILES string of the molecule is CN(c1cccc(-c2ccc(C(C)(C)O)cc2)c1)c1nc(=N)n(C=N)c2cc(Cl)ccc12. The summed E-state index contributed by atoms with van der Waals surface area (Å²) in [5, 5.41) is 27.5. The minimum absolute atomic E-state index is 0.0463. The molecule has 0 aliphatic heterocycles. The van der Waals surface area contributed by atoms with Crippen LogP contribution in [0, 0.1) is 10.8 Å². The van der Waals surface area contributed by atoms with Gasteiger partial charge in [0.2, 0.25) is 5.62 Å². The lowest BCUT2D eigenvalue weighted by Gasteiger charge is -2.22. The molecule has 7 heteroatoms. The molecule has 162 valence electrons. The summed E-state index contributed by atoms with van der Waals surface area (Å²) in [5.41, 5.74) is 3.54. The van der Waals surface area contributed by atoms with E-state index in [1.807, 2.05) is 60.5 Å². The highest BCUT2D eigenvalue weighted by Crippen LogP contribution is 2.32. The van der Waals surface area contributed by atoms with Crippen LogP contribution in [0.4, 0.5) is 11.5 Å². The molecule has 1 heterocycles. The molecule has 3 aromatic carbocycles. The van der Waals surface area contributed by atoms with Gasteiger partial charge in [-0.3, -0.25) is 15.4 Å². The highest BCUT2D eigenvalue weighted by molar-refractivity contribution is 6.31. The smallest absolute Gasteiger partial charge is 0.229 e. The predicted octanol–water partition coefficient (Wildman–Crippen LogP) is 5.29. The Morgan fingerprint density at radius 2 is 1.75 bits per heavy atom. The first-order valence-corrected chi connectivity index (χ1v) is 10.5. The van der Waals surface area contributed by atoms with Crippen LogP contribution in [0.25, 0.3) is 22.0 Å². The number of aliphatic hydroxyl groups is 1. The third-order valence-corrected chi connectivity index (χ3v) is 5.74. The summed E-state index contributed by atoms with van der Waals surface area (Å²) in [4.78, 5) is 6.38. The molecule has 1 aromatic heterocycles. The molecule has 0 atom stereocenters. The van der Waals surface area contributed by atoms with E-state index in [1.165, 1.54) is 4.57 Å². The molecule has 0 saturated carbocycles. The summed E-state index contributed by atoms with van der Waals surface area (Å²) in [6.07, 6.45) is 1.07. The Labute approximate surface area is 191 Å². The molecule has 0 spiro atoms. The third kappa shape index (κ3) is 4.02. The Morgan fingerprint density at radius 1 is 1.03 bits per heavy atom. The fourth-order valence-electron chi connectivity index (χ4n) is 3.69. The lowest BCUT2D eigenvalue weighted by Crippen LogP contribution is -2.26. The van der Waals surface area contributed by atoms with Crippen molar-refractivity contribution >= 4 is 40.3 Å². The van der Waals surface area contributed by atoms with Crippen molar-refractivity contribution in [1.82, 2.24) is 9.55 Å². The average molecular weight is 446 g/mol. The highest BCUT2D eigenvalue weighted by atomic mass is 35.5. The van der Waals surface area contributed by atoms with Gasteiger partial charge in [-0.25, -0.2) is 0 Å². The molecule has 0 saturated heterocycles. The number of aromatic nitrogens is 2. The third-order valence-electron chi connectivity index (χ3n) is 5.51. The van der Waals surface area contributed by atoms with Crippen LogP contribution in [-0.2, 0) is 5.60 Å². The summed E-state index contributed by atoms with van der Waals surface area (Å²) in [6, 6.07) is 21.3. The number of nitrogens with zero attached hydrogens (tertiary/aromatic N) is 3. The van der Waals surface area contributed by atoms with Gasteiger partial charge >= 0.3 is 0 Å². The van der Waals surface area contributed by atoms with Crippen molar-refractivity contribution in [1.29, 1.82) is 10.8 Å². The summed E-state index contributed by atoms with van der Waals surface area (Å²) < 4.78 is 1.39. The first-order valence-electron chi connectivity index (χ1n) is 10.1. The molecule has 0 aliphatic rings. The second-order valence-electron chi connectivity index (χ2n) is 8.17. The Bertz CT molecular complexity index is 1370. The minimum atomic E-state index is -0.884. The standard InChI is InChI=1S/C25H24ClN5O/c1-25(2,32)18-9-7-16(8-10-18)17-5-4-6-20(13-17)30(3)23-21-12-11-19(26)14-22(21)31(15-27)24(28)29-23/h4-15,27-28,32H,1-3H3. The van der Waals surface area contributed by atoms with E-state index in [1.54, 1.807) is 26.0 Å². The van der Waals surface area contributed by atoms with Crippen molar-refractivity contribution in [2.75, 3.05) is 11.9 Å². The summed E-state index contributed by atoms with van der Waals surface area (Å²) >= 11 is 6.18. The highest BCUT2D eigenvalue weighted by Gasteiger charge is 2.16. The fourth-order valence-corrected chi connectivity index (χ4v) is 3.86. The molecule has 4 aromatic rings. The molecule has 6 nitrogen and oxygen atoms in total. The minimum Gasteiger partial charge on any atom is -0.386 e. The van der Waals surface area contributed by atoms with Crippen molar-refractivity contribution in [3.05, 3.63) is 82.9 Å². The van der Waals surface area contributed by atoms with Crippen LogP contribution in [0.5, 0.6) is 0 Å². The first kappa shape index (κ1) is 21.7. The van der Waals surface area contributed by atoms with Gasteiger partial charge in [-0.1, -0.05) is 48.0 Å². The fraction of sp³-hybridized carbons (Fsp3) is 0.160. The van der Waals surface area contributed by atoms with Crippen LogP contribution in [0.2, 0.25) is 5.02 Å². The molecule has 0 fully saturated rings. The number of hydrogen-bond acceptors (Lipinski definition) is 5. The first-order chi connectivity index (χ1) is 15.2. The number of fused-ring (bicyclic) bond motifs is 1. The Kier molecular flexibility index (Phi) is 5.59. The molecular formula is C25H24ClN5O. The predicted molar refractivity (Wildman–Crippen MR) is 130 cm³/mol. The van der Waals surface area contributed by atoms with Gasteiger partial charge in [-0.05, 0) is 60.9 Å². The zero-order chi connectivity index (χ0) is 23.0. The lowest BCUT2D eigenvalue weighted by atomic mass is 9.95. The summed E-state index contributed by atoms with van der Waals surface area (Å²) in [5.74, 6) is 0.606. The Morgan fingerprint density at radius 3 is 2.41 bits per heavy atom. The van der Waals surface area contributed by atoms with Gasteiger partial charge in [0.25, 0.3) is 0 Å². The van der Waals surface area contributed by atoms with Crippen LogP contribution >= 0.6 is 11.6 Å². The zero-order valence-corrected chi connectivity index (χ0v) is 18.9. The van der Waals surface area contributed by atoms with Gasteiger partial charge in [0.1, 0.15) is 5.82 Å². The van der Waals surface area contributed by atoms with E-state index in [0.29, 0.717) is 16.4 Å². The van der Waals surface area contributed by atoms with Gasteiger partial charge in [0, 0.05) is 23.1 Å². The maximum Gasteiger partial charge on any atom is 0.229 e. The number of benzene rings is 3. The Balaban J connectivity index is 1.78. The van der Waals surface area contributed by atoms with E-state index >= 15 is 0 Å². The maximum atomic E-state index is 10.2. The number of anilines is 2. The molecule has 0 radical (unpaired) electrons. The van der Waals surface area contributed by atoms with Crippen molar-refractivity contribution in [3.8, 4) is 11.1 Å². The van der Waals surface area contributed by atoms with Crippen LogP contribution in [0.1, 0.15) is 19.4 Å².